The van der Waals surface area contributed by atoms with Crippen LogP contribution in [0.2, 0.25) is 0 Å². The van der Waals surface area contributed by atoms with Gasteiger partial charge in [0.2, 0.25) is 11.7 Å². The number of piperazine rings is 1. The highest BCUT2D eigenvalue weighted by molar-refractivity contribution is 5.52. The Bertz CT molecular complexity index is 673. The molecule has 7 nitrogen and oxygen atoms in total. The summed E-state index contributed by atoms with van der Waals surface area (Å²) in [5.41, 5.74) is 0.914. The van der Waals surface area contributed by atoms with Crippen LogP contribution in [0.1, 0.15) is 25.2 Å². The van der Waals surface area contributed by atoms with Gasteiger partial charge in [-0.2, -0.15) is 4.98 Å². The number of hydrogen-bond acceptors (Lipinski definition) is 7. The van der Waals surface area contributed by atoms with Crippen molar-refractivity contribution in [1.82, 2.24) is 24.9 Å². The molecule has 3 heterocycles. The zero-order valence-corrected chi connectivity index (χ0v) is 14.4. The molecule has 1 aliphatic carbocycles. The Kier molecular flexibility index (Phi) is 5.05. The molecule has 0 amide bonds. The maximum atomic E-state index is 9.40. The van der Waals surface area contributed by atoms with Crippen LogP contribution in [0, 0.1) is 5.92 Å². The van der Waals surface area contributed by atoms with Gasteiger partial charge in [0.1, 0.15) is 0 Å². The summed E-state index contributed by atoms with van der Waals surface area (Å²) in [5, 5.41) is 13.5. The monoisotopic (exact) mass is 343 g/mol. The number of pyridine rings is 1. The normalized spacial score (nSPS) is 22.4. The standard InChI is InChI=1S/C18H25N5O2/c24-10-5-16-12-22(8-9-23(16)11-14-1-2-14)13-17-20-18(21-25-17)15-3-6-19-7-4-15/h3-4,6-7,14,16,24H,1-2,5,8-13H2/t16-/m0/s1. The molecule has 1 N–H and O–H groups in total. The summed E-state index contributed by atoms with van der Waals surface area (Å²) in [6.07, 6.45) is 7.01. The van der Waals surface area contributed by atoms with Crippen molar-refractivity contribution in [2.75, 3.05) is 32.8 Å². The van der Waals surface area contributed by atoms with E-state index in [0.717, 1.165) is 37.5 Å². The first-order valence-electron chi connectivity index (χ1n) is 9.12. The van der Waals surface area contributed by atoms with Crippen molar-refractivity contribution in [2.24, 2.45) is 5.92 Å². The van der Waals surface area contributed by atoms with E-state index in [-0.39, 0.29) is 6.61 Å². The number of rotatable bonds is 7. The van der Waals surface area contributed by atoms with Crippen LogP contribution in [0.5, 0.6) is 0 Å². The maximum absolute atomic E-state index is 9.40. The van der Waals surface area contributed by atoms with E-state index in [2.05, 4.69) is 24.9 Å². The van der Waals surface area contributed by atoms with E-state index in [0.29, 0.717) is 24.3 Å². The molecule has 0 bridgehead atoms. The Morgan fingerprint density at radius 3 is 2.80 bits per heavy atom. The molecular formula is C18H25N5O2. The lowest BCUT2D eigenvalue weighted by Crippen LogP contribution is -2.53. The van der Waals surface area contributed by atoms with Gasteiger partial charge in [-0.1, -0.05) is 5.16 Å². The van der Waals surface area contributed by atoms with Crippen LogP contribution in [-0.2, 0) is 6.54 Å². The van der Waals surface area contributed by atoms with Crippen LogP contribution in [0.25, 0.3) is 11.4 Å². The van der Waals surface area contributed by atoms with Gasteiger partial charge in [-0.25, -0.2) is 0 Å². The highest BCUT2D eigenvalue weighted by Crippen LogP contribution is 2.31. The van der Waals surface area contributed by atoms with Crippen LogP contribution < -0.4 is 0 Å². The Labute approximate surface area is 147 Å². The third kappa shape index (κ3) is 4.23. The molecule has 1 aliphatic heterocycles. The molecule has 2 aromatic rings. The zero-order valence-electron chi connectivity index (χ0n) is 14.4. The van der Waals surface area contributed by atoms with E-state index >= 15 is 0 Å². The molecule has 2 aliphatic rings. The molecule has 0 unspecified atom stereocenters. The molecule has 2 aromatic heterocycles. The van der Waals surface area contributed by atoms with Crippen molar-refractivity contribution >= 4 is 0 Å². The minimum Gasteiger partial charge on any atom is -0.396 e. The Morgan fingerprint density at radius 1 is 1.20 bits per heavy atom. The molecule has 7 heteroatoms. The average molecular weight is 343 g/mol. The Morgan fingerprint density at radius 2 is 2.04 bits per heavy atom. The minimum absolute atomic E-state index is 0.242. The Hall–Kier alpha value is -1.83. The van der Waals surface area contributed by atoms with E-state index in [4.69, 9.17) is 4.52 Å². The van der Waals surface area contributed by atoms with Gasteiger partial charge in [0.15, 0.2) is 0 Å². The second-order valence-corrected chi connectivity index (χ2v) is 7.09. The smallest absolute Gasteiger partial charge is 0.241 e. The fraction of sp³-hybridized carbons (Fsp3) is 0.611. The molecule has 4 rings (SSSR count). The van der Waals surface area contributed by atoms with Crippen molar-refractivity contribution < 1.29 is 9.63 Å². The molecule has 0 aromatic carbocycles. The first kappa shape index (κ1) is 16.6. The molecular weight excluding hydrogens is 318 g/mol. The van der Waals surface area contributed by atoms with Crippen LogP contribution in [0.3, 0.4) is 0 Å². The van der Waals surface area contributed by atoms with Gasteiger partial charge < -0.3 is 9.63 Å². The number of aliphatic hydroxyl groups excluding tert-OH is 1. The van der Waals surface area contributed by atoms with Crippen molar-refractivity contribution in [2.45, 2.75) is 31.8 Å². The van der Waals surface area contributed by atoms with Gasteiger partial charge in [0.25, 0.3) is 0 Å². The summed E-state index contributed by atoms with van der Waals surface area (Å²) >= 11 is 0. The highest BCUT2D eigenvalue weighted by atomic mass is 16.5. The van der Waals surface area contributed by atoms with E-state index in [1.165, 1.54) is 19.4 Å². The molecule has 25 heavy (non-hydrogen) atoms. The van der Waals surface area contributed by atoms with E-state index in [1.54, 1.807) is 12.4 Å². The third-order valence-corrected chi connectivity index (χ3v) is 5.11. The SMILES string of the molecule is OCC[C@H]1CN(Cc2nc(-c3ccncc3)no2)CCN1CC1CC1. The van der Waals surface area contributed by atoms with Gasteiger partial charge in [-0.15, -0.1) is 0 Å². The maximum Gasteiger partial charge on any atom is 0.241 e. The Balaban J connectivity index is 1.37. The summed E-state index contributed by atoms with van der Waals surface area (Å²) in [5.74, 6) is 2.13. The van der Waals surface area contributed by atoms with E-state index < -0.39 is 0 Å². The molecule has 0 spiro atoms. The van der Waals surface area contributed by atoms with E-state index in [1.807, 2.05) is 12.1 Å². The van der Waals surface area contributed by atoms with Gasteiger partial charge in [0, 0.05) is 56.8 Å². The first-order chi connectivity index (χ1) is 12.3. The van der Waals surface area contributed by atoms with Gasteiger partial charge >= 0.3 is 0 Å². The van der Waals surface area contributed by atoms with Crippen LogP contribution >= 0.6 is 0 Å². The van der Waals surface area contributed by atoms with Gasteiger partial charge in [0.05, 0.1) is 6.54 Å². The molecule has 2 fully saturated rings. The van der Waals surface area contributed by atoms with Gasteiger partial charge in [-0.05, 0) is 37.3 Å². The van der Waals surface area contributed by atoms with Gasteiger partial charge in [-0.3, -0.25) is 14.8 Å². The molecule has 0 radical (unpaired) electrons. The lowest BCUT2D eigenvalue weighted by atomic mass is 10.1. The molecule has 1 atom stereocenters. The van der Waals surface area contributed by atoms with Crippen molar-refractivity contribution in [3.8, 4) is 11.4 Å². The fourth-order valence-corrected chi connectivity index (χ4v) is 3.52. The minimum atomic E-state index is 0.242. The predicted octanol–water partition coefficient (Wildman–Crippen LogP) is 1.41. The first-order valence-corrected chi connectivity index (χ1v) is 9.12. The number of aromatic nitrogens is 3. The quantitative estimate of drug-likeness (QED) is 0.814. The summed E-state index contributed by atoms with van der Waals surface area (Å²) < 4.78 is 5.43. The van der Waals surface area contributed by atoms with Crippen LogP contribution in [0.15, 0.2) is 29.0 Å². The lowest BCUT2D eigenvalue weighted by Gasteiger charge is -2.41. The summed E-state index contributed by atoms with van der Waals surface area (Å²) in [4.78, 5) is 13.4. The number of nitrogens with zero attached hydrogens (tertiary/aromatic N) is 5. The second kappa shape index (κ2) is 7.59. The van der Waals surface area contributed by atoms with Crippen molar-refractivity contribution in [1.29, 1.82) is 0 Å². The number of hydrogen-bond donors (Lipinski definition) is 1. The largest absolute Gasteiger partial charge is 0.396 e. The third-order valence-electron chi connectivity index (χ3n) is 5.11. The molecule has 134 valence electrons. The molecule has 1 saturated carbocycles. The zero-order chi connectivity index (χ0) is 17.1. The summed E-state index contributed by atoms with van der Waals surface area (Å²) in [6, 6.07) is 4.17. The highest BCUT2D eigenvalue weighted by Gasteiger charge is 2.32. The molecule has 1 saturated heterocycles. The van der Waals surface area contributed by atoms with Crippen LogP contribution in [-0.4, -0.2) is 68.9 Å². The summed E-state index contributed by atoms with van der Waals surface area (Å²) in [7, 11) is 0. The topological polar surface area (TPSA) is 78.5 Å². The average Bonchev–Trinajstić information content (AvgIpc) is 3.34. The number of aliphatic hydroxyl groups is 1. The summed E-state index contributed by atoms with van der Waals surface area (Å²) in [6.45, 7) is 5.09. The van der Waals surface area contributed by atoms with E-state index in [9.17, 15) is 5.11 Å². The van der Waals surface area contributed by atoms with Crippen molar-refractivity contribution in [3.63, 3.8) is 0 Å². The van der Waals surface area contributed by atoms with Crippen molar-refractivity contribution in [3.05, 3.63) is 30.4 Å². The predicted molar refractivity (Wildman–Crippen MR) is 92.6 cm³/mol. The second-order valence-electron chi connectivity index (χ2n) is 7.09. The van der Waals surface area contributed by atoms with Crippen LogP contribution in [0.4, 0.5) is 0 Å². The lowest BCUT2D eigenvalue weighted by molar-refractivity contribution is 0.0472. The fourth-order valence-electron chi connectivity index (χ4n) is 3.52.